The Bertz CT molecular complexity index is 736. The van der Waals surface area contributed by atoms with Crippen LogP contribution in [0.5, 0.6) is 0 Å². The molecule has 2 aromatic rings. The number of rotatable bonds is 4. The number of furan rings is 1. The van der Waals surface area contributed by atoms with Crippen molar-refractivity contribution >= 4 is 28.1 Å². The molecule has 0 atom stereocenters. The predicted molar refractivity (Wildman–Crippen MR) is 69.9 cm³/mol. The van der Waals surface area contributed by atoms with Gasteiger partial charge in [-0.05, 0) is 36.4 Å². The number of hydrogen-bond acceptors (Lipinski definition) is 3. The van der Waals surface area contributed by atoms with Crippen LogP contribution in [0.2, 0.25) is 0 Å². The highest BCUT2D eigenvalue weighted by Gasteiger charge is 2.65. The van der Waals surface area contributed by atoms with E-state index in [-0.39, 0.29) is 29.3 Å². The molecule has 0 bridgehead atoms. The largest absolute Gasteiger partial charge is 0.448 e. The van der Waals surface area contributed by atoms with Crippen molar-refractivity contribution in [2.75, 3.05) is 5.32 Å². The molecule has 2 rings (SSSR count). The van der Waals surface area contributed by atoms with E-state index in [0.29, 0.717) is 18.4 Å². The fourth-order valence-electron chi connectivity index (χ4n) is 1.53. The number of amides is 1. The lowest BCUT2D eigenvalue weighted by Gasteiger charge is -2.40. The zero-order valence-corrected chi connectivity index (χ0v) is 11.4. The van der Waals surface area contributed by atoms with Crippen molar-refractivity contribution < 1.29 is 33.4 Å². The van der Waals surface area contributed by atoms with E-state index in [1.54, 1.807) is 0 Å². The molecule has 0 saturated heterocycles. The van der Waals surface area contributed by atoms with Crippen LogP contribution in [0.25, 0.3) is 0 Å². The molecule has 1 aromatic heterocycles. The number of hydrogen-bond donors (Lipinski definition) is 1. The van der Waals surface area contributed by atoms with Gasteiger partial charge in [0.05, 0.1) is 0 Å². The molecule has 1 amide bonds. The molecule has 4 nitrogen and oxygen atoms in total. The van der Waals surface area contributed by atoms with Gasteiger partial charge < -0.3 is 9.73 Å². The summed E-state index contributed by atoms with van der Waals surface area (Å²) in [5.41, 5.74) is -0.139. The highest BCUT2D eigenvalue weighted by atomic mass is 32.5. The molecule has 120 valence electrons. The second kappa shape index (κ2) is 4.32. The Hall–Kier alpha value is -2.36. The Morgan fingerprint density at radius 3 is 2.05 bits per heavy atom. The third-order valence-corrected chi connectivity index (χ3v) is 3.69. The van der Waals surface area contributed by atoms with Crippen LogP contribution in [-0.4, -0.2) is 12.2 Å². The van der Waals surface area contributed by atoms with Gasteiger partial charge in [0.1, 0.15) is 4.90 Å². The van der Waals surface area contributed by atoms with Gasteiger partial charge in [-0.3, -0.25) is 9.59 Å². The summed E-state index contributed by atoms with van der Waals surface area (Å²) in [5, 5.41) is 2.15. The Labute approximate surface area is 120 Å². The topological polar surface area (TPSA) is 59.3 Å². The first-order valence-corrected chi connectivity index (χ1v) is 7.55. The fraction of sp³-hybridized carbons (Fsp3) is 0. The quantitative estimate of drug-likeness (QED) is 0.629. The molecule has 0 aliphatic rings. The number of benzene rings is 1. The maximum Gasteiger partial charge on any atom is 0.310 e. The molecule has 1 N–H and O–H groups in total. The molecule has 0 aliphatic heterocycles. The van der Waals surface area contributed by atoms with Gasteiger partial charge in [0, 0.05) is 5.69 Å². The van der Waals surface area contributed by atoms with E-state index in [0.717, 1.165) is 0 Å². The van der Waals surface area contributed by atoms with Crippen LogP contribution in [0.15, 0.2) is 45.7 Å². The smallest absolute Gasteiger partial charge is 0.310 e. The number of carbonyl (C=O) groups is 2. The van der Waals surface area contributed by atoms with E-state index in [4.69, 9.17) is 4.42 Å². The molecule has 1 heterocycles. The summed E-state index contributed by atoms with van der Waals surface area (Å²) in [7, 11) is -9.74. The first-order chi connectivity index (χ1) is 9.89. The highest BCUT2D eigenvalue weighted by molar-refractivity contribution is 8.45. The van der Waals surface area contributed by atoms with Crippen molar-refractivity contribution in [2.24, 2.45) is 0 Å². The van der Waals surface area contributed by atoms with Crippen LogP contribution in [-0.2, 0) is 0 Å². The first-order valence-electron chi connectivity index (χ1n) is 5.59. The minimum Gasteiger partial charge on any atom is -0.448 e. The Balaban J connectivity index is 2.19. The van der Waals surface area contributed by atoms with Crippen molar-refractivity contribution in [3.8, 4) is 0 Å². The number of anilines is 1. The van der Waals surface area contributed by atoms with Gasteiger partial charge in [0.25, 0.3) is 5.91 Å². The maximum atomic E-state index is 12.5. The lowest BCUT2D eigenvalue weighted by Crippen LogP contribution is -2.11. The van der Waals surface area contributed by atoms with E-state index >= 15 is 0 Å². The van der Waals surface area contributed by atoms with Gasteiger partial charge in [-0.2, -0.15) is 0 Å². The predicted octanol–water partition coefficient (Wildman–Crippen LogP) is 5.00. The average molecular weight is 341 g/mol. The summed E-state index contributed by atoms with van der Waals surface area (Å²) in [4.78, 5) is 20.0. The third kappa shape index (κ3) is 3.64. The van der Waals surface area contributed by atoms with E-state index in [1.165, 1.54) is 12.1 Å². The molecular weight excluding hydrogens is 333 g/mol. The monoisotopic (exact) mass is 341 g/mol. The Kier molecular flexibility index (Phi) is 3.15. The minimum atomic E-state index is -9.74. The second-order valence-corrected chi connectivity index (χ2v) is 6.68. The van der Waals surface area contributed by atoms with E-state index in [2.05, 4.69) is 5.32 Å². The molecule has 0 fully saturated rings. The zero-order valence-electron chi connectivity index (χ0n) is 10.6. The van der Waals surface area contributed by atoms with E-state index < -0.39 is 21.0 Å². The van der Waals surface area contributed by atoms with Gasteiger partial charge in [-0.1, -0.05) is 19.4 Å². The van der Waals surface area contributed by atoms with Crippen molar-refractivity contribution in [1.29, 1.82) is 0 Å². The lowest BCUT2D eigenvalue weighted by atomic mass is 10.3. The van der Waals surface area contributed by atoms with Crippen LogP contribution in [0, 0.1) is 0 Å². The van der Waals surface area contributed by atoms with Crippen LogP contribution >= 0.6 is 10.2 Å². The Morgan fingerprint density at radius 2 is 1.59 bits per heavy atom. The van der Waals surface area contributed by atoms with E-state index in [9.17, 15) is 29.0 Å². The standard InChI is InChI=1S/C12H8F5NO3S/c13-22(14,15,16,17)10-4-1-8(2-5-10)18-12(20)11-6-3-9(7-19)21-11/h1-7H,(H,18,20). The van der Waals surface area contributed by atoms with Gasteiger partial charge in [-0.15, -0.1) is 0 Å². The SMILES string of the molecule is O=Cc1ccc(C(=O)Nc2ccc(S(F)(F)(F)(F)F)cc2)o1. The van der Waals surface area contributed by atoms with Crippen molar-refractivity contribution in [3.05, 3.63) is 47.9 Å². The highest BCUT2D eigenvalue weighted by Crippen LogP contribution is 3.02. The van der Waals surface area contributed by atoms with Gasteiger partial charge in [-0.25, -0.2) is 0 Å². The fourth-order valence-corrected chi connectivity index (χ4v) is 2.18. The van der Waals surface area contributed by atoms with Crippen molar-refractivity contribution in [3.63, 3.8) is 0 Å². The zero-order chi connectivity index (χ0) is 16.7. The molecule has 10 heteroatoms. The third-order valence-electron chi connectivity index (χ3n) is 2.52. The first kappa shape index (κ1) is 16.0. The molecule has 22 heavy (non-hydrogen) atoms. The van der Waals surface area contributed by atoms with Crippen LogP contribution < -0.4 is 5.32 Å². The molecule has 1 aromatic carbocycles. The molecular formula is C12H8F5NO3S. The maximum absolute atomic E-state index is 12.5. The number of halogens is 5. The van der Waals surface area contributed by atoms with Crippen LogP contribution in [0.3, 0.4) is 0 Å². The van der Waals surface area contributed by atoms with Crippen molar-refractivity contribution in [1.82, 2.24) is 0 Å². The van der Waals surface area contributed by atoms with Gasteiger partial charge in [0.2, 0.25) is 0 Å². The van der Waals surface area contributed by atoms with Crippen molar-refractivity contribution in [2.45, 2.75) is 4.90 Å². The van der Waals surface area contributed by atoms with Crippen LogP contribution in [0.4, 0.5) is 25.1 Å². The summed E-state index contributed by atoms with van der Waals surface area (Å²) < 4.78 is 67.4. The van der Waals surface area contributed by atoms with Gasteiger partial charge >= 0.3 is 10.2 Å². The average Bonchev–Trinajstić information content (AvgIpc) is 2.85. The number of nitrogens with one attached hydrogen (secondary N) is 1. The van der Waals surface area contributed by atoms with Crippen LogP contribution in [0.1, 0.15) is 21.1 Å². The summed E-state index contributed by atoms with van der Waals surface area (Å²) in [5.74, 6) is -1.20. The molecule has 0 spiro atoms. The molecule has 0 radical (unpaired) electrons. The van der Waals surface area contributed by atoms with E-state index in [1.807, 2.05) is 0 Å². The minimum absolute atomic E-state index is 0.110. The molecule has 0 saturated carbocycles. The molecule has 0 aliphatic carbocycles. The number of carbonyl (C=O) groups excluding carboxylic acids is 2. The number of aldehydes is 1. The summed E-state index contributed by atoms with van der Waals surface area (Å²) >= 11 is 0. The summed E-state index contributed by atoms with van der Waals surface area (Å²) in [6, 6.07) is 4.14. The normalized spacial score (nSPS) is 14.8. The molecule has 0 unspecified atom stereocenters. The summed E-state index contributed by atoms with van der Waals surface area (Å²) in [6.45, 7) is 0. The lowest BCUT2D eigenvalue weighted by molar-refractivity contribution is 0.0992. The second-order valence-electron chi connectivity index (χ2n) is 4.27. The Morgan fingerprint density at radius 1 is 1.00 bits per heavy atom. The summed E-state index contributed by atoms with van der Waals surface area (Å²) in [6.07, 6.45) is 0.361. The van der Waals surface area contributed by atoms with Gasteiger partial charge in [0.15, 0.2) is 17.8 Å².